The van der Waals surface area contributed by atoms with Crippen molar-refractivity contribution in [3.8, 4) is 0 Å². The van der Waals surface area contributed by atoms with Crippen molar-refractivity contribution >= 4 is 12.2 Å². The fourth-order valence-electron chi connectivity index (χ4n) is 3.27. The summed E-state index contributed by atoms with van der Waals surface area (Å²) < 4.78 is 0. The minimum Gasteiger partial charge on any atom is -0.480 e. The van der Waals surface area contributed by atoms with E-state index >= 15 is 0 Å². The van der Waals surface area contributed by atoms with E-state index in [2.05, 4.69) is 57.8 Å². The van der Waals surface area contributed by atoms with Crippen molar-refractivity contribution < 1.29 is 9.90 Å². The number of carboxylic acids is 1. The van der Waals surface area contributed by atoms with Gasteiger partial charge in [-0.1, -0.05) is 48.8 Å². The Morgan fingerprint density at radius 1 is 1.35 bits per heavy atom. The number of allylic oxidation sites excluding steroid dienone is 8. The summed E-state index contributed by atoms with van der Waals surface area (Å²) in [6.07, 6.45) is 16.0. The average molecular weight is 358 g/mol. The molecule has 3 heteroatoms. The minimum absolute atomic E-state index is 0.283. The number of hydrogen-bond donors (Lipinski definition) is 1. The second-order valence-electron chi connectivity index (χ2n) is 8.08. The quantitative estimate of drug-likeness (QED) is 0.410. The summed E-state index contributed by atoms with van der Waals surface area (Å²) in [5.74, 6) is -0.899. The number of aliphatic imine (C=N–C) groups is 1. The Balaban J connectivity index is 2.57. The molecule has 0 aromatic heterocycles. The molecule has 0 unspecified atom stereocenters. The fourth-order valence-corrected chi connectivity index (χ4v) is 3.27. The smallest absolute Gasteiger partial charge is 0.328 e. The Labute approximate surface area is 159 Å². The molecule has 0 fully saturated rings. The largest absolute Gasteiger partial charge is 0.480 e. The summed E-state index contributed by atoms with van der Waals surface area (Å²) in [5.41, 5.74) is 5.79. The molecular weight excluding hydrogens is 322 g/mol. The van der Waals surface area contributed by atoms with Gasteiger partial charge in [0, 0.05) is 6.21 Å². The third-order valence-corrected chi connectivity index (χ3v) is 5.09. The molecule has 0 aliphatic heterocycles. The van der Waals surface area contributed by atoms with Gasteiger partial charge < -0.3 is 5.11 Å². The number of nitrogens with zero attached hydrogens (tertiary/aromatic N) is 1. The topological polar surface area (TPSA) is 49.7 Å². The van der Waals surface area contributed by atoms with Crippen LogP contribution in [0.1, 0.15) is 73.6 Å². The molecular formula is C23H35NO2. The van der Waals surface area contributed by atoms with Gasteiger partial charge in [0.05, 0.1) is 0 Å². The zero-order valence-electron chi connectivity index (χ0n) is 17.3. The van der Waals surface area contributed by atoms with E-state index in [4.69, 9.17) is 5.11 Å². The number of carboxylic acid groups (broad SMARTS) is 1. The lowest BCUT2D eigenvalue weighted by Gasteiger charge is -2.32. The second kappa shape index (κ2) is 10.3. The maximum atomic E-state index is 10.7. The SMILES string of the molecule is CC1=C(/C=C/C(C)=C/CC/C(C)=C/C=N[C@@H](C)C(=O)O)C(C)(C)CCC1. The van der Waals surface area contributed by atoms with Gasteiger partial charge in [-0.25, -0.2) is 4.79 Å². The molecule has 3 nitrogen and oxygen atoms in total. The number of carbonyl (C=O) groups is 1. The second-order valence-corrected chi connectivity index (χ2v) is 8.08. The molecule has 0 amide bonds. The van der Waals surface area contributed by atoms with E-state index in [1.807, 2.05) is 6.08 Å². The number of hydrogen-bond acceptors (Lipinski definition) is 2. The van der Waals surface area contributed by atoms with Crippen LogP contribution in [-0.2, 0) is 4.79 Å². The molecule has 1 aliphatic carbocycles. The van der Waals surface area contributed by atoms with Gasteiger partial charge in [-0.3, -0.25) is 4.99 Å². The molecule has 1 aliphatic rings. The van der Waals surface area contributed by atoms with Crippen molar-refractivity contribution in [3.63, 3.8) is 0 Å². The summed E-state index contributed by atoms with van der Waals surface area (Å²) in [6.45, 7) is 12.7. The molecule has 0 bridgehead atoms. The van der Waals surface area contributed by atoms with Crippen molar-refractivity contribution in [3.05, 3.63) is 46.6 Å². The molecule has 1 N–H and O–H groups in total. The van der Waals surface area contributed by atoms with E-state index in [1.165, 1.54) is 41.6 Å². The Hall–Kier alpha value is -1.90. The first-order chi connectivity index (χ1) is 12.1. The maximum Gasteiger partial charge on any atom is 0.328 e. The first-order valence-electron chi connectivity index (χ1n) is 9.60. The van der Waals surface area contributed by atoms with Gasteiger partial charge in [-0.15, -0.1) is 0 Å². The first kappa shape index (κ1) is 22.1. The zero-order chi connectivity index (χ0) is 19.7. The number of rotatable bonds is 8. The van der Waals surface area contributed by atoms with Crippen LogP contribution < -0.4 is 0 Å². The van der Waals surface area contributed by atoms with Gasteiger partial charge >= 0.3 is 5.97 Å². The van der Waals surface area contributed by atoms with Gasteiger partial charge in [0.1, 0.15) is 6.04 Å². The molecule has 0 aromatic rings. The van der Waals surface area contributed by atoms with E-state index in [1.54, 1.807) is 13.1 Å². The summed E-state index contributed by atoms with van der Waals surface area (Å²) in [4.78, 5) is 14.7. The molecule has 0 saturated heterocycles. The Bertz CT molecular complexity index is 645. The van der Waals surface area contributed by atoms with Crippen LogP contribution in [0.3, 0.4) is 0 Å². The van der Waals surface area contributed by atoms with Crippen LogP contribution in [0.5, 0.6) is 0 Å². The minimum atomic E-state index is -0.899. The lowest BCUT2D eigenvalue weighted by atomic mass is 9.72. The monoisotopic (exact) mass is 357 g/mol. The molecule has 144 valence electrons. The Morgan fingerprint density at radius 3 is 2.65 bits per heavy atom. The molecule has 0 aromatic carbocycles. The Kier molecular flexibility index (Phi) is 8.77. The zero-order valence-corrected chi connectivity index (χ0v) is 17.3. The molecule has 0 heterocycles. The molecule has 1 atom stereocenters. The van der Waals surface area contributed by atoms with Gasteiger partial charge in [0.15, 0.2) is 0 Å². The van der Waals surface area contributed by atoms with Crippen LogP contribution >= 0.6 is 0 Å². The van der Waals surface area contributed by atoms with E-state index in [0.717, 1.165) is 12.8 Å². The van der Waals surface area contributed by atoms with Crippen molar-refractivity contribution in [1.29, 1.82) is 0 Å². The van der Waals surface area contributed by atoms with Crippen molar-refractivity contribution in [2.45, 2.75) is 79.7 Å². The molecule has 0 spiro atoms. The van der Waals surface area contributed by atoms with E-state index in [0.29, 0.717) is 0 Å². The van der Waals surface area contributed by atoms with Crippen LogP contribution in [0.15, 0.2) is 51.6 Å². The molecule has 1 rings (SSSR count). The molecule has 0 radical (unpaired) electrons. The predicted molar refractivity (Wildman–Crippen MR) is 112 cm³/mol. The third-order valence-electron chi connectivity index (χ3n) is 5.09. The van der Waals surface area contributed by atoms with Crippen LogP contribution in [0.4, 0.5) is 0 Å². The highest BCUT2D eigenvalue weighted by atomic mass is 16.4. The number of aliphatic carboxylic acids is 1. The lowest BCUT2D eigenvalue weighted by molar-refractivity contribution is -0.137. The summed E-state index contributed by atoms with van der Waals surface area (Å²) >= 11 is 0. The third kappa shape index (κ3) is 7.55. The van der Waals surface area contributed by atoms with E-state index in [9.17, 15) is 4.79 Å². The van der Waals surface area contributed by atoms with Gasteiger partial charge in [-0.05, 0) is 76.9 Å². The fraction of sp³-hybridized carbons (Fsp3) is 0.565. The maximum absolute atomic E-state index is 10.7. The van der Waals surface area contributed by atoms with Gasteiger partial charge in [0.25, 0.3) is 0 Å². The molecule has 0 saturated carbocycles. The predicted octanol–water partition coefficient (Wildman–Crippen LogP) is 6.29. The van der Waals surface area contributed by atoms with Crippen molar-refractivity contribution in [2.75, 3.05) is 0 Å². The highest BCUT2D eigenvalue weighted by molar-refractivity contribution is 5.79. The first-order valence-corrected chi connectivity index (χ1v) is 9.60. The average Bonchev–Trinajstić information content (AvgIpc) is 2.53. The summed E-state index contributed by atoms with van der Waals surface area (Å²) in [5, 5.41) is 8.79. The van der Waals surface area contributed by atoms with Crippen molar-refractivity contribution in [1.82, 2.24) is 0 Å². The summed E-state index contributed by atoms with van der Waals surface area (Å²) in [7, 11) is 0. The van der Waals surface area contributed by atoms with Gasteiger partial charge in [0.2, 0.25) is 0 Å². The normalized spacial score (nSPS) is 20.2. The highest BCUT2D eigenvalue weighted by Gasteiger charge is 2.26. The Morgan fingerprint density at radius 2 is 2.04 bits per heavy atom. The van der Waals surface area contributed by atoms with E-state index in [-0.39, 0.29) is 5.41 Å². The lowest BCUT2D eigenvalue weighted by Crippen LogP contribution is -2.19. The van der Waals surface area contributed by atoms with Gasteiger partial charge in [-0.2, -0.15) is 0 Å². The van der Waals surface area contributed by atoms with Crippen LogP contribution in [0.25, 0.3) is 0 Å². The summed E-state index contributed by atoms with van der Waals surface area (Å²) in [6, 6.07) is -0.687. The van der Waals surface area contributed by atoms with Crippen LogP contribution in [-0.4, -0.2) is 23.3 Å². The van der Waals surface area contributed by atoms with Crippen molar-refractivity contribution in [2.24, 2.45) is 10.4 Å². The van der Waals surface area contributed by atoms with E-state index < -0.39 is 12.0 Å². The highest BCUT2D eigenvalue weighted by Crippen LogP contribution is 2.40. The standard InChI is InChI=1S/C23H35NO2/c1-17(12-13-21-19(3)11-8-15-23(21,5)6)9-7-10-18(2)14-16-24-20(4)22(25)26/h9,12-14,16,20H,7-8,10-11,15H2,1-6H3,(H,25,26)/b13-12+,17-9+,18-14+,24-16?/t20-/m0/s1. The molecule has 26 heavy (non-hydrogen) atoms. The van der Waals surface area contributed by atoms with Crippen LogP contribution in [0, 0.1) is 5.41 Å². The van der Waals surface area contributed by atoms with Crippen LogP contribution in [0.2, 0.25) is 0 Å².